The molecule has 1 heterocycles. The second kappa shape index (κ2) is 7.84. The topological polar surface area (TPSA) is 80.2 Å². The Bertz CT molecular complexity index is 363. The lowest BCUT2D eigenvalue weighted by molar-refractivity contribution is 0.145. The van der Waals surface area contributed by atoms with Crippen LogP contribution in [0.25, 0.3) is 0 Å². The molecule has 0 spiro atoms. The van der Waals surface area contributed by atoms with Crippen LogP contribution in [0.5, 0.6) is 0 Å². The molecule has 0 atom stereocenters. The van der Waals surface area contributed by atoms with Gasteiger partial charge in [-0.15, -0.1) is 0 Å². The van der Waals surface area contributed by atoms with E-state index in [1.54, 1.807) is 7.11 Å². The number of hydrogen-bond donors (Lipinski definition) is 2. The fourth-order valence-electron chi connectivity index (χ4n) is 1.69. The third-order valence-electron chi connectivity index (χ3n) is 2.73. The van der Waals surface area contributed by atoms with Gasteiger partial charge in [0.15, 0.2) is 0 Å². The van der Waals surface area contributed by atoms with E-state index in [0.717, 1.165) is 26.2 Å². The molecule has 1 aromatic rings. The van der Waals surface area contributed by atoms with Crippen molar-refractivity contribution in [3.63, 3.8) is 0 Å². The van der Waals surface area contributed by atoms with Gasteiger partial charge in [-0.05, 0) is 6.92 Å². The normalized spacial score (nSPS) is 11.1. The van der Waals surface area contributed by atoms with Crippen LogP contribution in [0.1, 0.15) is 18.9 Å². The maximum atomic E-state index is 7.28. The van der Waals surface area contributed by atoms with Gasteiger partial charge in [0.2, 0.25) is 0 Å². The molecule has 6 heteroatoms. The summed E-state index contributed by atoms with van der Waals surface area (Å²) < 4.78 is 7.01. The molecular weight excluding hydrogens is 230 g/mol. The van der Waals surface area contributed by atoms with Gasteiger partial charge in [-0.25, -0.2) is 0 Å². The third kappa shape index (κ3) is 5.29. The van der Waals surface area contributed by atoms with Crippen LogP contribution >= 0.6 is 0 Å². The van der Waals surface area contributed by atoms with Crippen molar-refractivity contribution < 1.29 is 4.74 Å². The molecule has 0 saturated carbocycles. The summed E-state index contributed by atoms with van der Waals surface area (Å²) in [6.45, 7) is 6.05. The number of nitrogens with two attached hydrogens (primary N) is 1. The lowest BCUT2D eigenvalue weighted by Gasteiger charge is -2.20. The van der Waals surface area contributed by atoms with Gasteiger partial charge in [0, 0.05) is 51.5 Å². The van der Waals surface area contributed by atoms with Gasteiger partial charge in [-0.2, -0.15) is 5.10 Å². The Labute approximate surface area is 108 Å². The zero-order valence-electron chi connectivity index (χ0n) is 11.2. The molecule has 0 fully saturated rings. The summed E-state index contributed by atoms with van der Waals surface area (Å²) in [7, 11) is 1.69. The Kier molecular flexibility index (Phi) is 6.38. The van der Waals surface area contributed by atoms with Crippen LogP contribution in [0.15, 0.2) is 12.4 Å². The molecule has 3 N–H and O–H groups in total. The second-order valence-corrected chi connectivity index (χ2v) is 4.25. The van der Waals surface area contributed by atoms with Crippen molar-refractivity contribution in [3.05, 3.63) is 18.0 Å². The molecule has 1 rings (SSSR count). The van der Waals surface area contributed by atoms with Gasteiger partial charge in [0.05, 0.1) is 18.6 Å². The summed E-state index contributed by atoms with van der Waals surface area (Å²) in [5, 5.41) is 11.5. The number of methoxy groups -OCH3 is 1. The Balaban J connectivity index is 2.50. The van der Waals surface area contributed by atoms with Crippen molar-refractivity contribution in [2.24, 2.45) is 5.73 Å². The van der Waals surface area contributed by atoms with Gasteiger partial charge in [-0.1, -0.05) is 0 Å². The predicted molar refractivity (Wildman–Crippen MR) is 71.6 cm³/mol. The highest BCUT2D eigenvalue weighted by Gasteiger charge is 2.08. The Hall–Kier alpha value is -1.40. The molecule has 0 aromatic carbocycles. The van der Waals surface area contributed by atoms with Gasteiger partial charge in [0.25, 0.3) is 0 Å². The molecule has 0 aliphatic heterocycles. The van der Waals surface area contributed by atoms with Crippen molar-refractivity contribution in [1.29, 1.82) is 5.41 Å². The monoisotopic (exact) mass is 253 g/mol. The quantitative estimate of drug-likeness (QED) is 0.501. The lowest BCUT2D eigenvalue weighted by atomic mass is 10.3. The zero-order valence-corrected chi connectivity index (χ0v) is 11.2. The van der Waals surface area contributed by atoms with Crippen LogP contribution in [0.3, 0.4) is 0 Å². The van der Waals surface area contributed by atoms with E-state index in [9.17, 15) is 0 Å². The smallest absolute Gasteiger partial charge is 0.0918 e. The lowest BCUT2D eigenvalue weighted by Crippen LogP contribution is -2.30. The van der Waals surface area contributed by atoms with Crippen LogP contribution < -0.4 is 5.73 Å². The summed E-state index contributed by atoms with van der Waals surface area (Å²) in [6, 6.07) is 0. The summed E-state index contributed by atoms with van der Waals surface area (Å²) in [5.41, 5.74) is 6.57. The number of nitrogens with one attached hydrogen (secondary N) is 1. The van der Waals surface area contributed by atoms with Gasteiger partial charge >= 0.3 is 0 Å². The van der Waals surface area contributed by atoms with Crippen molar-refractivity contribution in [1.82, 2.24) is 14.7 Å². The van der Waals surface area contributed by atoms with E-state index in [4.69, 9.17) is 15.9 Å². The van der Waals surface area contributed by atoms with Crippen LogP contribution in [0.2, 0.25) is 0 Å². The van der Waals surface area contributed by atoms with Crippen LogP contribution in [-0.4, -0.2) is 47.3 Å². The molecule has 18 heavy (non-hydrogen) atoms. The fourth-order valence-corrected chi connectivity index (χ4v) is 1.69. The SMILES string of the molecule is CCn1cc(CN(CCOC)CCC(=N)N)cn1. The first-order chi connectivity index (χ1) is 8.65. The molecule has 6 nitrogen and oxygen atoms in total. The van der Waals surface area contributed by atoms with Crippen LogP contribution in [0, 0.1) is 5.41 Å². The molecule has 0 radical (unpaired) electrons. The number of aryl methyl sites for hydroxylation is 1. The number of aromatic nitrogens is 2. The van der Waals surface area contributed by atoms with E-state index in [2.05, 4.69) is 16.9 Å². The standard InChI is InChI=1S/C12H23N5O/c1-3-17-10-11(8-15-17)9-16(6-7-18-2)5-4-12(13)14/h8,10H,3-7,9H2,1-2H3,(H3,13,14). The molecule has 0 bridgehead atoms. The van der Waals surface area contributed by atoms with Gasteiger partial charge < -0.3 is 10.5 Å². The highest BCUT2D eigenvalue weighted by atomic mass is 16.5. The van der Waals surface area contributed by atoms with E-state index < -0.39 is 0 Å². The van der Waals surface area contributed by atoms with Crippen molar-refractivity contribution in [2.75, 3.05) is 26.8 Å². The minimum atomic E-state index is 0.224. The van der Waals surface area contributed by atoms with Gasteiger partial charge in [0.1, 0.15) is 0 Å². The summed E-state index contributed by atoms with van der Waals surface area (Å²) in [4.78, 5) is 2.22. The molecular formula is C12H23N5O. The van der Waals surface area contributed by atoms with E-state index >= 15 is 0 Å². The molecule has 0 aliphatic rings. The summed E-state index contributed by atoms with van der Waals surface area (Å²) in [5.74, 6) is 0.224. The van der Waals surface area contributed by atoms with E-state index in [1.807, 2.05) is 17.1 Å². The Morgan fingerprint density at radius 1 is 1.56 bits per heavy atom. The van der Waals surface area contributed by atoms with Crippen LogP contribution in [-0.2, 0) is 17.8 Å². The van der Waals surface area contributed by atoms with Crippen molar-refractivity contribution in [2.45, 2.75) is 26.4 Å². The first-order valence-corrected chi connectivity index (χ1v) is 6.21. The summed E-state index contributed by atoms with van der Waals surface area (Å²) in [6.07, 6.45) is 4.52. The predicted octanol–water partition coefficient (Wildman–Crippen LogP) is 0.677. The first-order valence-electron chi connectivity index (χ1n) is 6.21. The number of amidine groups is 1. The third-order valence-corrected chi connectivity index (χ3v) is 2.73. The van der Waals surface area contributed by atoms with Crippen molar-refractivity contribution in [3.8, 4) is 0 Å². The highest BCUT2D eigenvalue weighted by Crippen LogP contribution is 2.04. The Morgan fingerprint density at radius 3 is 2.89 bits per heavy atom. The first kappa shape index (κ1) is 14.7. The average Bonchev–Trinajstić information content (AvgIpc) is 2.80. The fraction of sp³-hybridized carbons (Fsp3) is 0.667. The average molecular weight is 253 g/mol. The highest BCUT2D eigenvalue weighted by molar-refractivity contribution is 5.76. The molecule has 0 amide bonds. The van der Waals surface area contributed by atoms with E-state index in [-0.39, 0.29) is 5.84 Å². The zero-order chi connectivity index (χ0) is 13.4. The number of rotatable bonds is 9. The molecule has 0 unspecified atom stereocenters. The molecule has 0 aliphatic carbocycles. The minimum Gasteiger partial charge on any atom is -0.388 e. The molecule has 0 saturated heterocycles. The summed E-state index contributed by atoms with van der Waals surface area (Å²) >= 11 is 0. The number of ether oxygens (including phenoxy) is 1. The molecule has 102 valence electrons. The second-order valence-electron chi connectivity index (χ2n) is 4.25. The van der Waals surface area contributed by atoms with E-state index in [0.29, 0.717) is 13.0 Å². The van der Waals surface area contributed by atoms with Gasteiger partial charge in [-0.3, -0.25) is 15.0 Å². The minimum absolute atomic E-state index is 0.224. The maximum Gasteiger partial charge on any atom is 0.0918 e. The van der Waals surface area contributed by atoms with E-state index in [1.165, 1.54) is 5.56 Å². The number of hydrogen-bond acceptors (Lipinski definition) is 4. The molecule has 1 aromatic heterocycles. The number of nitrogens with zero attached hydrogens (tertiary/aromatic N) is 3. The Morgan fingerprint density at radius 2 is 2.33 bits per heavy atom. The maximum absolute atomic E-state index is 7.28. The van der Waals surface area contributed by atoms with Crippen LogP contribution in [0.4, 0.5) is 0 Å². The largest absolute Gasteiger partial charge is 0.388 e. The van der Waals surface area contributed by atoms with Crippen molar-refractivity contribution >= 4 is 5.84 Å².